The molecule has 0 aromatic carbocycles. The molecule has 0 unspecified atom stereocenters. The van der Waals surface area contributed by atoms with Crippen molar-refractivity contribution in [2.24, 2.45) is 5.10 Å². The summed E-state index contributed by atoms with van der Waals surface area (Å²) in [6, 6.07) is 0. The largest absolute Gasteiger partial charge is 0.273 e. The Balaban J connectivity index is 3.27. The fourth-order valence-electron chi connectivity index (χ4n) is 0.294. The summed E-state index contributed by atoms with van der Waals surface area (Å²) in [5.74, 6) is 0.466. The lowest BCUT2D eigenvalue weighted by Gasteiger charge is -1.92. The van der Waals surface area contributed by atoms with E-state index < -0.39 is 0 Å². The van der Waals surface area contributed by atoms with Gasteiger partial charge in [-0.3, -0.25) is 4.79 Å². The second-order valence-corrected chi connectivity index (χ2v) is 1.84. The van der Waals surface area contributed by atoms with Crippen molar-refractivity contribution in [3.63, 3.8) is 0 Å². The number of thiol groups is 1. The Labute approximate surface area is 59.9 Å². The lowest BCUT2D eigenvalue weighted by Crippen LogP contribution is -2.16. The van der Waals surface area contributed by atoms with E-state index in [1.54, 1.807) is 6.92 Å². The van der Waals surface area contributed by atoms with E-state index in [0.717, 1.165) is 0 Å². The number of rotatable bonds is 3. The van der Waals surface area contributed by atoms with E-state index in [-0.39, 0.29) is 5.91 Å². The van der Waals surface area contributed by atoms with Gasteiger partial charge in [0.05, 0.1) is 0 Å². The molecule has 0 aromatic heterocycles. The van der Waals surface area contributed by atoms with Crippen molar-refractivity contribution in [1.29, 1.82) is 0 Å². The molecule has 0 aliphatic rings. The molecule has 1 amide bonds. The molecule has 0 heterocycles. The third-order valence-electron chi connectivity index (χ3n) is 0.657. The van der Waals surface area contributed by atoms with Gasteiger partial charge in [0.25, 0.3) is 0 Å². The van der Waals surface area contributed by atoms with Gasteiger partial charge in [-0.2, -0.15) is 17.7 Å². The van der Waals surface area contributed by atoms with Gasteiger partial charge in [0.2, 0.25) is 5.91 Å². The van der Waals surface area contributed by atoms with Crippen LogP contribution in [0, 0.1) is 0 Å². The zero-order chi connectivity index (χ0) is 7.11. The van der Waals surface area contributed by atoms with E-state index >= 15 is 0 Å². The average Bonchev–Trinajstić information content (AvgIpc) is 1.85. The van der Waals surface area contributed by atoms with Gasteiger partial charge in [0.1, 0.15) is 0 Å². The highest BCUT2D eigenvalue weighted by Crippen LogP contribution is 1.81. The van der Waals surface area contributed by atoms with Crippen LogP contribution in [0.3, 0.4) is 0 Å². The first-order valence-corrected chi connectivity index (χ1v) is 3.32. The first-order chi connectivity index (χ1) is 4.31. The lowest BCUT2D eigenvalue weighted by atomic mass is 10.5. The lowest BCUT2D eigenvalue weighted by molar-refractivity contribution is -0.120. The molecule has 0 saturated carbocycles. The summed E-state index contributed by atoms with van der Waals surface area (Å²) in [6.07, 6.45) is 1.94. The monoisotopic (exact) mass is 146 g/mol. The van der Waals surface area contributed by atoms with E-state index in [0.29, 0.717) is 12.2 Å². The Bertz CT molecular complexity index is 114. The normalized spacial score (nSPS) is 10.0. The third-order valence-corrected chi connectivity index (χ3v) is 0.881. The fourth-order valence-corrected chi connectivity index (χ4v) is 0.497. The summed E-state index contributed by atoms with van der Waals surface area (Å²) < 4.78 is 0. The molecular weight excluding hydrogens is 136 g/mol. The molecule has 0 spiro atoms. The number of hydrogen-bond donors (Lipinski definition) is 2. The topological polar surface area (TPSA) is 41.5 Å². The summed E-state index contributed by atoms with van der Waals surface area (Å²) in [6.45, 7) is 1.74. The minimum absolute atomic E-state index is 0.0944. The molecule has 0 aliphatic heterocycles. The number of hydrazone groups is 1. The molecule has 0 radical (unpaired) electrons. The van der Waals surface area contributed by atoms with E-state index in [1.807, 2.05) is 0 Å². The van der Waals surface area contributed by atoms with E-state index in [2.05, 4.69) is 23.2 Å². The summed E-state index contributed by atoms with van der Waals surface area (Å²) in [7, 11) is 0. The van der Waals surface area contributed by atoms with E-state index in [9.17, 15) is 4.79 Å². The van der Waals surface area contributed by atoms with Crippen LogP contribution in [-0.4, -0.2) is 17.9 Å². The zero-order valence-electron chi connectivity index (χ0n) is 5.29. The Morgan fingerprint density at radius 3 is 3.00 bits per heavy atom. The summed E-state index contributed by atoms with van der Waals surface area (Å²) in [5, 5.41) is 3.53. The number of hydrogen-bond acceptors (Lipinski definition) is 3. The highest BCUT2D eigenvalue weighted by molar-refractivity contribution is 7.80. The van der Waals surface area contributed by atoms with Crippen molar-refractivity contribution in [3.05, 3.63) is 0 Å². The van der Waals surface area contributed by atoms with Gasteiger partial charge >= 0.3 is 0 Å². The van der Waals surface area contributed by atoms with Crippen LogP contribution >= 0.6 is 12.6 Å². The van der Waals surface area contributed by atoms with Crippen LogP contribution in [0.2, 0.25) is 0 Å². The number of amides is 1. The number of nitrogens with one attached hydrogen (secondary N) is 1. The molecule has 0 fully saturated rings. The number of carbonyl (C=O) groups is 1. The summed E-state index contributed by atoms with van der Waals surface area (Å²) in [4.78, 5) is 10.5. The number of nitrogens with zero attached hydrogens (tertiary/aromatic N) is 1. The van der Waals surface area contributed by atoms with Crippen molar-refractivity contribution in [2.75, 3.05) is 5.75 Å². The standard InChI is InChI=1S/C5H10N2OS/c1-2-6-7-5(8)3-4-9/h2,9H,3-4H2,1H3,(H,7,8)/b6-2-. The number of carbonyl (C=O) groups excluding carboxylic acids is 1. The highest BCUT2D eigenvalue weighted by Gasteiger charge is 1.93. The molecule has 52 valence electrons. The Morgan fingerprint density at radius 1 is 1.89 bits per heavy atom. The molecule has 0 aromatic rings. The molecule has 0 rings (SSSR count). The molecule has 0 atom stereocenters. The molecule has 1 N–H and O–H groups in total. The SMILES string of the molecule is C/C=N\NC(=O)CCS. The second kappa shape index (κ2) is 5.62. The summed E-state index contributed by atoms with van der Waals surface area (Å²) in [5.41, 5.74) is 2.31. The molecular formula is C5H10N2OS. The molecule has 4 heteroatoms. The first kappa shape index (κ1) is 8.49. The third kappa shape index (κ3) is 5.36. The van der Waals surface area contributed by atoms with Crippen LogP contribution in [0.25, 0.3) is 0 Å². The quantitative estimate of drug-likeness (QED) is 0.338. The fraction of sp³-hybridized carbons (Fsp3) is 0.600. The van der Waals surface area contributed by atoms with E-state index in [1.165, 1.54) is 6.21 Å². The molecule has 0 saturated heterocycles. The maximum atomic E-state index is 10.5. The van der Waals surface area contributed by atoms with Crippen molar-refractivity contribution in [3.8, 4) is 0 Å². The van der Waals surface area contributed by atoms with Crippen LogP contribution in [0.1, 0.15) is 13.3 Å². The summed E-state index contributed by atoms with van der Waals surface area (Å²) >= 11 is 3.87. The van der Waals surface area contributed by atoms with Gasteiger partial charge in [-0.25, -0.2) is 5.43 Å². The van der Waals surface area contributed by atoms with Gasteiger partial charge < -0.3 is 0 Å². The van der Waals surface area contributed by atoms with E-state index in [4.69, 9.17) is 0 Å². The van der Waals surface area contributed by atoms with Gasteiger partial charge in [-0.05, 0) is 12.7 Å². The van der Waals surface area contributed by atoms with Gasteiger partial charge in [0, 0.05) is 12.6 Å². The van der Waals surface area contributed by atoms with Gasteiger partial charge in [0.15, 0.2) is 0 Å². The minimum atomic E-state index is -0.0944. The van der Waals surface area contributed by atoms with Crippen molar-refractivity contribution >= 4 is 24.8 Å². The molecule has 0 aliphatic carbocycles. The minimum Gasteiger partial charge on any atom is -0.273 e. The Kier molecular flexibility index (Phi) is 5.30. The van der Waals surface area contributed by atoms with Crippen LogP contribution in [0.15, 0.2) is 5.10 Å². The van der Waals surface area contributed by atoms with Crippen LogP contribution in [0.4, 0.5) is 0 Å². The zero-order valence-corrected chi connectivity index (χ0v) is 6.19. The maximum Gasteiger partial charge on any atom is 0.240 e. The molecule has 3 nitrogen and oxygen atoms in total. The Hall–Kier alpha value is -0.510. The van der Waals surface area contributed by atoms with Crippen LogP contribution in [-0.2, 0) is 4.79 Å². The highest BCUT2D eigenvalue weighted by atomic mass is 32.1. The first-order valence-electron chi connectivity index (χ1n) is 2.68. The molecule has 9 heavy (non-hydrogen) atoms. The smallest absolute Gasteiger partial charge is 0.240 e. The Morgan fingerprint density at radius 2 is 2.56 bits per heavy atom. The predicted octanol–water partition coefficient (Wildman–Crippen LogP) is 0.428. The van der Waals surface area contributed by atoms with Crippen molar-refractivity contribution < 1.29 is 4.79 Å². The van der Waals surface area contributed by atoms with Crippen LogP contribution < -0.4 is 5.43 Å². The van der Waals surface area contributed by atoms with Gasteiger partial charge in [-0.15, -0.1) is 0 Å². The predicted molar refractivity (Wildman–Crippen MR) is 40.8 cm³/mol. The maximum absolute atomic E-state index is 10.5. The molecule has 0 bridgehead atoms. The van der Waals surface area contributed by atoms with Crippen LogP contribution in [0.5, 0.6) is 0 Å². The van der Waals surface area contributed by atoms with Crippen molar-refractivity contribution in [2.45, 2.75) is 13.3 Å². The second-order valence-electron chi connectivity index (χ2n) is 1.40. The van der Waals surface area contributed by atoms with Gasteiger partial charge in [-0.1, -0.05) is 0 Å². The average molecular weight is 146 g/mol. The van der Waals surface area contributed by atoms with Crippen molar-refractivity contribution in [1.82, 2.24) is 5.43 Å².